The van der Waals surface area contributed by atoms with Crippen LogP contribution in [0.2, 0.25) is 0 Å². The Bertz CT molecular complexity index is 300. The molecule has 1 fully saturated rings. The van der Waals surface area contributed by atoms with Crippen LogP contribution in [0.25, 0.3) is 0 Å². The van der Waals surface area contributed by atoms with Gasteiger partial charge in [0.05, 0.1) is 0 Å². The molecule has 1 N–H and O–H groups in total. The molecule has 1 heterocycles. The average molecular weight is 298 g/mol. The van der Waals surface area contributed by atoms with Crippen molar-refractivity contribution in [2.75, 3.05) is 19.6 Å². The van der Waals surface area contributed by atoms with Crippen LogP contribution in [0, 0.1) is 0 Å². The van der Waals surface area contributed by atoms with E-state index in [2.05, 4.69) is 12.2 Å². The predicted octanol–water partition coefficient (Wildman–Crippen LogP) is 3.95. The number of rotatable bonds is 8. The molecular formula is C17H34N2O2. The van der Waals surface area contributed by atoms with Gasteiger partial charge in [0, 0.05) is 12.6 Å². The summed E-state index contributed by atoms with van der Waals surface area (Å²) in [5, 5.41) is 3.50. The van der Waals surface area contributed by atoms with E-state index < -0.39 is 5.60 Å². The smallest absolute Gasteiger partial charge is 0.410 e. The highest BCUT2D eigenvalue weighted by Crippen LogP contribution is 2.22. The maximum absolute atomic E-state index is 12.2. The Labute approximate surface area is 130 Å². The van der Waals surface area contributed by atoms with Crippen molar-refractivity contribution in [3.05, 3.63) is 0 Å². The fourth-order valence-corrected chi connectivity index (χ4v) is 2.77. The molecule has 1 amide bonds. The fraction of sp³-hybridized carbons (Fsp3) is 0.941. The summed E-state index contributed by atoms with van der Waals surface area (Å²) >= 11 is 0. The first-order valence-corrected chi connectivity index (χ1v) is 8.64. The van der Waals surface area contributed by atoms with E-state index in [1.807, 2.05) is 25.7 Å². The first kappa shape index (κ1) is 18.3. The van der Waals surface area contributed by atoms with Crippen LogP contribution in [0.3, 0.4) is 0 Å². The molecule has 4 nitrogen and oxygen atoms in total. The van der Waals surface area contributed by atoms with Gasteiger partial charge in [-0.1, -0.05) is 26.2 Å². The van der Waals surface area contributed by atoms with Gasteiger partial charge in [-0.2, -0.15) is 0 Å². The van der Waals surface area contributed by atoms with Crippen LogP contribution in [-0.4, -0.2) is 42.3 Å². The summed E-state index contributed by atoms with van der Waals surface area (Å²) in [6.07, 6.45) is 8.28. The lowest BCUT2D eigenvalue weighted by Gasteiger charge is -2.28. The van der Waals surface area contributed by atoms with E-state index in [0.717, 1.165) is 38.9 Å². The monoisotopic (exact) mass is 298 g/mol. The zero-order valence-electron chi connectivity index (χ0n) is 14.4. The summed E-state index contributed by atoms with van der Waals surface area (Å²) in [4.78, 5) is 14.1. The van der Waals surface area contributed by atoms with Crippen molar-refractivity contribution in [1.82, 2.24) is 10.2 Å². The molecule has 1 rings (SSSR count). The summed E-state index contributed by atoms with van der Waals surface area (Å²) in [5.41, 5.74) is -0.401. The van der Waals surface area contributed by atoms with E-state index in [0.29, 0.717) is 6.04 Å². The Kier molecular flexibility index (Phi) is 8.09. The molecular weight excluding hydrogens is 264 g/mol. The van der Waals surface area contributed by atoms with Gasteiger partial charge in [0.1, 0.15) is 5.60 Å². The van der Waals surface area contributed by atoms with Gasteiger partial charge >= 0.3 is 6.09 Å². The van der Waals surface area contributed by atoms with Crippen LogP contribution in [0.5, 0.6) is 0 Å². The Morgan fingerprint density at radius 2 is 2.00 bits per heavy atom. The Morgan fingerprint density at radius 1 is 1.24 bits per heavy atom. The molecule has 1 aliphatic rings. The molecule has 0 spiro atoms. The normalized spacial score (nSPS) is 19.0. The number of carbonyl (C=O) groups is 1. The summed E-state index contributed by atoms with van der Waals surface area (Å²) in [7, 11) is 0. The van der Waals surface area contributed by atoms with E-state index in [9.17, 15) is 4.79 Å². The lowest BCUT2D eigenvalue weighted by Crippen LogP contribution is -2.40. The second kappa shape index (κ2) is 9.29. The molecule has 1 aliphatic heterocycles. The first-order valence-electron chi connectivity index (χ1n) is 8.64. The molecule has 0 aromatic carbocycles. The summed E-state index contributed by atoms with van der Waals surface area (Å²) in [6.45, 7) is 10.9. The van der Waals surface area contributed by atoms with Crippen LogP contribution >= 0.6 is 0 Å². The van der Waals surface area contributed by atoms with Crippen molar-refractivity contribution in [2.45, 2.75) is 84.3 Å². The number of likely N-dealkylation sites (tertiary alicyclic amines) is 1. The van der Waals surface area contributed by atoms with Gasteiger partial charge < -0.3 is 15.0 Å². The number of ether oxygens (including phenoxy) is 1. The largest absolute Gasteiger partial charge is 0.444 e. The number of hydrogen-bond donors (Lipinski definition) is 1. The Balaban J connectivity index is 2.20. The van der Waals surface area contributed by atoms with Crippen LogP contribution in [-0.2, 0) is 4.74 Å². The number of nitrogens with one attached hydrogen (secondary N) is 1. The first-order chi connectivity index (χ1) is 9.94. The van der Waals surface area contributed by atoms with E-state index >= 15 is 0 Å². The van der Waals surface area contributed by atoms with Gasteiger partial charge in [0.25, 0.3) is 0 Å². The second-order valence-electron chi connectivity index (χ2n) is 7.07. The van der Waals surface area contributed by atoms with E-state index in [-0.39, 0.29) is 6.09 Å². The van der Waals surface area contributed by atoms with Crippen LogP contribution < -0.4 is 5.32 Å². The lowest BCUT2D eigenvalue weighted by molar-refractivity contribution is 0.0221. The summed E-state index contributed by atoms with van der Waals surface area (Å²) in [6, 6.07) is 0.350. The molecule has 21 heavy (non-hydrogen) atoms. The van der Waals surface area contributed by atoms with Crippen molar-refractivity contribution in [2.24, 2.45) is 0 Å². The molecule has 0 aliphatic carbocycles. The maximum atomic E-state index is 12.2. The highest BCUT2D eigenvalue weighted by molar-refractivity contribution is 5.68. The molecule has 0 bridgehead atoms. The molecule has 124 valence electrons. The highest BCUT2D eigenvalue weighted by Gasteiger charge is 2.31. The SMILES string of the molecule is CCCCCCNCCC1CCCN1C(=O)OC(C)(C)C. The number of carbonyl (C=O) groups excluding carboxylic acids is 1. The van der Waals surface area contributed by atoms with Crippen LogP contribution in [0.4, 0.5) is 4.79 Å². The molecule has 4 heteroatoms. The number of nitrogens with zero attached hydrogens (tertiary/aromatic N) is 1. The third-order valence-electron chi connectivity index (χ3n) is 3.87. The molecule has 0 aromatic rings. The van der Waals surface area contributed by atoms with Crippen LogP contribution in [0.15, 0.2) is 0 Å². The minimum absolute atomic E-state index is 0.145. The average Bonchev–Trinajstić information content (AvgIpc) is 2.84. The third kappa shape index (κ3) is 7.70. The van der Waals surface area contributed by atoms with Crippen molar-refractivity contribution in [3.8, 4) is 0 Å². The van der Waals surface area contributed by atoms with E-state index in [4.69, 9.17) is 4.74 Å². The fourth-order valence-electron chi connectivity index (χ4n) is 2.77. The minimum atomic E-state index is -0.401. The van der Waals surface area contributed by atoms with Crippen LogP contribution in [0.1, 0.15) is 72.6 Å². The van der Waals surface area contributed by atoms with E-state index in [1.54, 1.807) is 0 Å². The lowest BCUT2D eigenvalue weighted by atomic mass is 10.1. The molecule has 0 saturated carbocycles. The van der Waals surface area contributed by atoms with Gasteiger partial charge in [0.2, 0.25) is 0 Å². The number of hydrogen-bond acceptors (Lipinski definition) is 3. The number of unbranched alkanes of at least 4 members (excludes halogenated alkanes) is 3. The van der Waals surface area contributed by atoms with Gasteiger partial charge in [-0.25, -0.2) is 4.79 Å². The maximum Gasteiger partial charge on any atom is 0.410 e. The zero-order valence-corrected chi connectivity index (χ0v) is 14.4. The highest BCUT2D eigenvalue weighted by atomic mass is 16.6. The topological polar surface area (TPSA) is 41.6 Å². The standard InChI is InChI=1S/C17H34N2O2/c1-5-6-7-8-12-18-13-11-15-10-9-14-19(15)16(20)21-17(2,3)4/h15,18H,5-14H2,1-4H3. The van der Waals surface area contributed by atoms with Gasteiger partial charge in [0.15, 0.2) is 0 Å². The predicted molar refractivity (Wildman–Crippen MR) is 87.6 cm³/mol. The second-order valence-corrected chi connectivity index (χ2v) is 7.07. The van der Waals surface area contributed by atoms with Gasteiger partial charge in [-0.3, -0.25) is 0 Å². The summed E-state index contributed by atoms with van der Waals surface area (Å²) < 4.78 is 5.49. The Morgan fingerprint density at radius 3 is 2.67 bits per heavy atom. The Hall–Kier alpha value is -0.770. The summed E-state index contributed by atoms with van der Waals surface area (Å²) in [5.74, 6) is 0. The van der Waals surface area contributed by atoms with Gasteiger partial charge in [-0.15, -0.1) is 0 Å². The molecule has 0 aromatic heterocycles. The minimum Gasteiger partial charge on any atom is -0.444 e. The van der Waals surface area contributed by atoms with Gasteiger partial charge in [-0.05, 0) is 59.5 Å². The third-order valence-corrected chi connectivity index (χ3v) is 3.87. The molecule has 1 unspecified atom stereocenters. The quantitative estimate of drug-likeness (QED) is 0.690. The van der Waals surface area contributed by atoms with Crippen molar-refractivity contribution >= 4 is 6.09 Å². The van der Waals surface area contributed by atoms with Crippen molar-refractivity contribution in [1.29, 1.82) is 0 Å². The van der Waals surface area contributed by atoms with E-state index in [1.165, 1.54) is 25.7 Å². The zero-order chi connectivity index (χ0) is 15.7. The van der Waals surface area contributed by atoms with Crippen molar-refractivity contribution in [3.63, 3.8) is 0 Å². The number of amides is 1. The molecule has 0 radical (unpaired) electrons. The van der Waals surface area contributed by atoms with Crippen molar-refractivity contribution < 1.29 is 9.53 Å². The molecule has 1 atom stereocenters. The molecule has 1 saturated heterocycles.